The zero-order valence-electron chi connectivity index (χ0n) is 19.1. The van der Waals surface area contributed by atoms with E-state index in [0.29, 0.717) is 54.4 Å². The number of piperidine rings is 1. The van der Waals surface area contributed by atoms with Crippen molar-refractivity contribution >= 4 is 23.3 Å². The molecular weight excluding hydrogens is 420 g/mol. The number of anilines is 2. The normalized spacial score (nSPS) is 17.3. The van der Waals surface area contributed by atoms with E-state index in [0.717, 1.165) is 18.5 Å². The molecule has 2 aromatic rings. The van der Waals surface area contributed by atoms with Gasteiger partial charge in [-0.3, -0.25) is 0 Å². The number of amides is 1. The van der Waals surface area contributed by atoms with E-state index in [4.69, 9.17) is 9.47 Å². The Morgan fingerprint density at radius 1 is 1.30 bits per heavy atom. The lowest BCUT2D eigenvalue weighted by molar-refractivity contribution is 0.0188. The number of carbonyl (C=O) groups excluding carboxylic acids is 1. The molecule has 9 heteroatoms. The summed E-state index contributed by atoms with van der Waals surface area (Å²) >= 11 is 0. The summed E-state index contributed by atoms with van der Waals surface area (Å²) in [5.41, 5.74) is 1.11. The minimum atomic E-state index is -0.489. The maximum Gasteiger partial charge on any atom is 0.410 e. The molecule has 0 saturated carbocycles. The number of nitrogens with zero attached hydrogens (tertiary/aromatic N) is 4. The third-order valence-corrected chi connectivity index (χ3v) is 5.41. The van der Waals surface area contributed by atoms with Gasteiger partial charge in [-0.15, -0.1) is 0 Å². The molecule has 0 radical (unpaired) electrons. The monoisotopic (exact) mass is 448 g/mol. The highest BCUT2D eigenvalue weighted by Gasteiger charge is 2.27. The van der Waals surface area contributed by atoms with Crippen LogP contribution >= 0.6 is 0 Å². The third-order valence-electron chi connectivity index (χ3n) is 5.41. The van der Waals surface area contributed by atoms with Gasteiger partial charge in [0.2, 0.25) is 11.8 Å². The van der Waals surface area contributed by atoms with Crippen molar-refractivity contribution in [3.63, 3.8) is 0 Å². The lowest BCUT2D eigenvalue weighted by Crippen LogP contribution is -2.42. The predicted molar refractivity (Wildman–Crippen MR) is 124 cm³/mol. The maximum absolute atomic E-state index is 12.2. The summed E-state index contributed by atoms with van der Waals surface area (Å²) in [5, 5.41) is 16.1. The summed E-state index contributed by atoms with van der Waals surface area (Å²) in [5.74, 6) is 1.87. The number of likely N-dealkylation sites (tertiary alicyclic amines) is 1. The molecule has 1 fully saturated rings. The van der Waals surface area contributed by atoms with Crippen LogP contribution in [0, 0.1) is 17.2 Å². The van der Waals surface area contributed by atoms with Gasteiger partial charge in [-0.2, -0.15) is 5.26 Å². The van der Waals surface area contributed by atoms with Crippen LogP contribution in [0.15, 0.2) is 42.4 Å². The van der Waals surface area contributed by atoms with Crippen molar-refractivity contribution in [2.45, 2.75) is 39.2 Å². The molecule has 2 aliphatic rings. The number of aromatic nitrogens is 2. The second-order valence-corrected chi connectivity index (χ2v) is 9.10. The quantitative estimate of drug-likeness (QED) is 0.668. The molecule has 1 amide bonds. The number of carbonyl (C=O) groups is 1. The van der Waals surface area contributed by atoms with Gasteiger partial charge in [-0.05, 0) is 57.7 Å². The Hall–Kier alpha value is -3.80. The number of nitriles is 1. The molecule has 4 rings (SSSR count). The van der Waals surface area contributed by atoms with E-state index in [-0.39, 0.29) is 6.09 Å². The number of rotatable bonds is 4. The molecule has 0 bridgehead atoms. The van der Waals surface area contributed by atoms with Crippen LogP contribution in [0.3, 0.4) is 0 Å². The van der Waals surface area contributed by atoms with Crippen molar-refractivity contribution in [3.8, 4) is 11.8 Å². The number of ether oxygens (including phenoxy) is 2. The van der Waals surface area contributed by atoms with E-state index in [1.165, 1.54) is 0 Å². The fourth-order valence-electron chi connectivity index (χ4n) is 3.72. The minimum Gasteiger partial charge on any atom is -0.444 e. The molecule has 2 aliphatic heterocycles. The standard InChI is InChI=1S/C24H28N6O3/c1-24(2,3)33-23(31)30-12-9-16(10-13-30)15-27-22-26-11-8-18(29-22)17(14-25)21-28-19-6-4-5-7-20(19)32-21/h4-8,11,16,28H,9-10,12-13,15H2,1-3H3,(H,26,27,29)/b21-17+. The predicted octanol–water partition coefficient (Wildman–Crippen LogP) is 4.23. The van der Waals surface area contributed by atoms with E-state index >= 15 is 0 Å². The lowest BCUT2D eigenvalue weighted by atomic mass is 9.97. The van der Waals surface area contributed by atoms with Crippen molar-refractivity contribution in [2.75, 3.05) is 30.3 Å². The number of allylic oxidation sites excluding steroid dienone is 1. The number of hydrogen-bond acceptors (Lipinski definition) is 8. The van der Waals surface area contributed by atoms with Crippen LogP contribution in [0.1, 0.15) is 39.3 Å². The van der Waals surface area contributed by atoms with Crippen LogP contribution < -0.4 is 15.4 Å². The largest absolute Gasteiger partial charge is 0.444 e. The molecule has 172 valence electrons. The van der Waals surface area contributed by atoms with Crippen molar-refractivity contribution in [1.82, 2.24) is 14.9 Å². The van der Waals surface area contributed by atoms with E-state index in [1.54, 1.807) is 17.2 Å². The smallest absolute Gasteiger partial charge is 0.410 e. The van der Waals surface area contributed by atoms with Gasteiger partial charge in [0.1, 0.15) is 17.2 Å². The molecule has 1 saturated heterocycles. The van der Waals surface area contributed by atoms with Crippen LogP contribution in [0.5, 0.6) is 5.75 Å². The number of nitrogens with one attached hydrogen (secondary N) is 2. The van der Waals surface area contributed by atoms with Crippen LogP contribution in [0.4, 0.5) is 16.4 Å². The highest BCUT2D eigenvalue weighted by Crippen LogP contribution is 2.35. The van der Waals surface area contributed by atoms with Crippen molar-refractivity contribution in [1.29, 1.82) is 5.26 Å². The molecule has 0 unspecified atom stereocenters. The summed E-state index contributed by atoms with van der Waals surface area (Å²) in [6, 6.07) is 11.4. The molecule has 3 heterocycles. The van der Waals surface area contributed by atoms with Gasteiger partial charge in [0.15, 0.2) is 5.75 Å². The summed E-state index contributed by atoms with van der Waals surface area (Å²) in [4.78, 5) is 22.8. The fourth-order valence-corrected chi connectivity index (χ4v) is 3.72. The second kappa shape index (κ2) is 9.36. The van der Waals surface area contributed by atoms with E-state index in [9.17, 15) is 10.1 Å². The van der Waals surface area contributed by atoms with Gasteiger partial charge in [0.05, 0.1) is 11.4 Å². The lowest BCUT2D eigenvalue weighted by Gasteiger charge is -2.33. The average Bonchev–Trinajstić information content (AvgIpc) is 3.21. The van der Waals surface area contributed by atoms with E-state index < -0.39 is 5.60 Å². The average molecular weight is 449 g/mol. The summed E-state index contributed by atoms with van der Waals surface area (Å²) in [6.45, 7) is 7.63. The van der Waals surface area contributed by atoms with E-state index in [1.807, 2.05) is 45.0 Å². The number of hydrogen-bond donors (Lipinski definition) is 2. The Kier molecular flexibility index (Phi) is 6.36. The number of para-hydroxylation sites is 2. The summed E-state index contributed by atoms with van der Waals surface area (Å²) < 4.78 is 11.2. The Labute approximate surface area is 193 Å². The first-order valence-electron chi connectivity index (χ1n) is 11.1. The van der Waals surface area contributed by atoms with Gasteiger partial charge in [-0.25, -0.2) is 14.8 Å². The zero-order valence-corrected chi connectivity index (χ0v) is 19.1. The molecule has 0 aliphatic carbocycles. The first-order valence-corrected chi connectivity index (χ1v) is 11.1. The van der Waals surface area contributed by atoms with E-state index in [2.05, 4.69) is 26.7 Å². The summed E-state index contributed by atoms with van der Waals surface area (Å²) in [7, 11) is 0. The molecular formula is C24H28N6O3. The number of fused-ring (bicyclic) bond motifs is 1. The van der Waals surface area contributed by atoms with Gasteiger partial charge >= 0.3 is 6.09 Å². The SMILES string of the molecule is CC(C)(C)OC(=O)N1CCC(CNc2nccc(/C(C#N)=C3\Nc4ccccc4O3)n2)CC1. The highest BCUT2D eigenvalue weighted by molar-refractivity contribution is 5.81. The van der Waals surface area contributed by atoms with Crippen LogP contribution in [-0.4, -0.2) is 46.2 Å². The highest BCUT2D eigenvalue weighted by atomic mass is 16.6. The first-order chi connectivity index (χ1) is 15.8. The van der Waals surface area contributed by atoms with Crippen molar-refractivity contribution < 1.29 is 14.3 Å². The number of benzene rings is 1. The van der Waals surface area contributed by atoms with Crippen molar-refractivity contribution in [3.05, 3.63) is 48.1 Å². The molecule has 0 atom stereocenters. The van der Waals surface area contributed by atoms with Gasteiger partial charge in [0, 0.05) is 25.8 Å². The van der Waals surface area contributed by atoms with Gasteiger partial charge < -0.3 is 25.0 Å². The first kappa shape index (κ1) is 22.4. The topological polar surface area (TPSA) is 112 Å². The molecule has 1 aromatic carbocycles. The van der Waals surface area contributed by atoms with Crippen LogP contribution in [0.25, 0.3) is 5.57 Å². The fraction of sp³-hybridized carbons (Fsp3) is 0.417. The Bertz CT molecular complexity index is 1070. The molecule has 9 nitrogen and oxygen atoms in total. The summed E-state index contributed by atoms with van der Waals surface area (Å²) in [6.07, 6.45) is 3.10. The second-order valence-electron chi connectivity index (χ2n) is 9.10. The van der Waals surface area contributed by atoms with Crippen LogP contribution in [-0.2, 0) is 4.74 Å². The van der Waals surface area contributed by atoms with Crippen molar-refractivity contribution in [2.24, 2.45) is 5.92 Å². The molecule has 0 spiro atoms. The van der Waals surface area contributed by atoms with Gasteiger partial charge in [0.25, 0.3) is 0 Å². The van der Waals surface area contributed by atoms with Gasteiger partial charge in [-0.1, -0.05) is 12.1 Å². The molecule has 33 heavy (non-hydrogen) atoms. The maximum atomic E-state index is 12.2. The molecule has 2 N–H and O–H groups in total. The Morgan fingerprint density at radius 2 is 2.06 bits per heavy atom. The third kappa shape index (κ3) is 5.52. The molecule has 1 aromatic heterocycles. The Balaban J connectivity index is 1.35. The Morgan fingerprint density at radius 3 is 2.76 bits per heavy atom. The minimum absolute atomic E-state index is 0.257. The zero-order chi connectivity index (χ0) is 23.4. The van der Waals surface area contributed by atoms with Crippen LogP contribution in [0.2, 0.25) is 0 Å².